The van der Waals surface area contributed by atoms with Gasteiger partial charge in [-0.1, -0.05) is 30.3 Å². The molecule has 1 aromatic carbocycles. The number of hydrogen-bond acceptors (Lipinski definition) is 3. The quantitative estimate of drug-likeness (QED) is 0.717. The van der Waals surface area contributed by atoms with Gasteiger partial charge < -0.3 is 16.0 Å². The van der Waals surface area contributed by atoms with Crippen molar-refractivity contribution < 1.29 is 9.59 Å². The lowest BCUT2D eigenvalue weighted by molar-refractivity contribution is -0.132. The largest absolute Gasteiger partial charge is 0.370 e. The third-order valence-corrected chi connectivity index (χ3v) is 2.79. The van der Waals surface area contributed by atoms with Gasteiger partial charge in [-0.15, -0.1) is 0 Å². The zero-order chi connectivity index (χ0) is 14.1. The molecule has 0 heterocycles. The molecule has 19 heavy (non-hydrogen) atoms. The molecule has 0 atom stereocenters. The van der Waals surface area contributed by atoms with Crippen LogP contribution in [0.3, 0.4) is 0 Å². The van der Waals surface area contributed by atoms with E-state index in [1.165, 1.54) is 0 Å². The molecule has 0 aliphatic carbocycles. The van der Waals surface area contributed by atoms with E-state index in [0.29, 0.717) is 26.1 Å². The number of nitrogens with one attached hydrogen (secondary N) is 1. The highest BCUT2D eigenvalue weighted by Gasteiger charge is 2.14. The molecule has 2 amide bonds. The average molecular weight is 263 g/mol. The number of nitrogens with two attached hydrogens (primary N) is 1. The van der Waals surface area contributed by atoms with E-state index in [0.717, 1.165) is 5.56 Å². The van der Waals surface area contributed by atoms with Crippen molar-refractivity contribution in [3.63, 3.8) is 0 Å². The average Bonchev–Trinajstić information content (AvgIpc) is 2.41. The SMILES string of the molecule is CNCCC(=O)N(CCC(N)=O)Cc1ccccc1. The van der Waals surface area contributed by atoms with Crippen LogP contribution in [0.5, 0.6) is 0 Å². The Morgan fingerprint density at radius 1 is 1.21 bits per heavy atom. The van der Waals surface area contributed by atoms with Gasteiger partial charge in [0.2, 0.25) is 11.8 Å². The second-order valence-electron chi connectivity index (χ2n) is 4.37. The van der Waals surface area contributed by atoms with Crippen LogP contribution in [0, 0.1) is 0 Å². The molecule has 0 fully saturated rings. The van der Waals surface area contributed by atoms with Crippen LogP contribution in [-0.4, -0.2) is 36.9 Å². The highest BCUT2D eigenvalue weighted by molar-refractivity contribution is 5.78. The number of benzene rings is 1. The van der Waals surface area contributed by atoms with Gasteiger partial charge in [-0.2, -0.15) is 0 Å². The van der Waals surface area contributed by atoms with Crippen molar-refractivity contribution in [3.8, 4) is 0 Å². The van der Waals surface area contributed by atoms with Gasteiger partial charge >= 0.3 is 0 Å². The summed E-state index contributed by atoms with van der Waals surface area (Å²) in [7, 11) is 1.80. The Morgan fingerprint density at radius 2 is 1.89 bits per heavy atom. The molecule has 5 nitrogen and oxygen atoms in total. The second kappa shape index (κ2) is 8.26. The minimum Gasteiger partial charge on any atom is -0.370 e. The fourth-order valence-electron chi connectivity index (χ4n) is 1.73. The van der Waals surface area contributed by atoms with Crippen molar-refractivity contribution in [2.75, 3.05) is 20.1 Å². The topological polar surface area (TPSA) is 75.4 Å². The molecule has 1 rings (SSSR count). The summed E-state index contributed by atoms with van der Waals surface area (Å²) in [4.78, 5) is 24.6. The summed E-state index contributed by atoms with van der Waals surface area (Å²) in [6, 6.07) is 9.71. The predicted octanol–water partition coefficient (Wildman–Crippen LogP) is 0.500. The molecule has 0 aromatic heterocycles. The maximum Gasteiger partial charge on any atom is 0.224 e. The zero-order valence-corrected chi connectivity index (χ0v) is 11.3. The first-order valence-electron chi connectivity index (χ1n) is 6.38. The van der Waals surface area contributed by atoms with E-state index in [-0.39, 0.29) is 18.2 Å². The summed E-state index contributed by atoms with van der Waals surface area (Å²) in [5, 5.41) is 2.94. The summed E-state index contributed by atoms with van der Waals surface area (Å²) in [5.41, 5.74) is 6.19. The van der Waals surface area contributed by atoms with Crippen LogP contribution in [0.15, 0.2) is 30.3 Å². The molecule has 0 aliphatic heterocycles. The van der Waals surface area contributed by atoms with Crippen molar-refractivity contribution in [2.24, 2.45) is 5.73 Å². The van der Waals surface area contributed by atoms with E-state index in [9.17, 15) is 9.59 Å². The Balaban J connectivity index is 2.62. The van der Waals surface area contributed by atoms with Crippen LogP contribution in [0.25, 0.3) is 0 Å². The molecule has 104 valence electrons. The van der Waals surface area contributed by atoms with Crippen molar-refractivity contribution in [2.45, 2.75) is 19.4 Å². The van der Waals surface area contributed by atoms with Crippen molar-refractivity contribution >= 4 is 11.8 Å². The molecule has 0 unspecified atom stereocenters. The monoisotopic (exact) mass is 263 g/mol. The highest BCUT2D eigenvalue weighted by Crippen LogP contribution is 2.06. The Bertz CT molecular complexity index is 406. The molecule has 5 heteroatoms. The summed E-state index contributed by atoms with van der Waals surface area (Å²) >= 11 is 0. The van der Waals surface area contributed by atoms with Gasteiger partial charge in [0, 0.05) is 32.5 Å². The molecule has 3 N–H and O–H groups in total. The normalized spacial score (nSPS) is 10.2. The minimum atomic E-state index is -0.389. The number of carbonyl (C=O) groups excluding carboxylic acids is 2. The third kappa shape index (κ3) is 6.01. The standard InChI is InChI=1S/C14H21N3O2/c1-16-9-7-14(19)17(10-8-13(15)18)11-12-5-3-2-4-6-12/h2-6,16H,7-11H2,1H3,(H2,15,18). The summed E-state index contributed by atoms with van der Waals surface area (Å²) in [5.74, 6) is -0.362. The molecular formula is C14H21N3O2. The second-order valence-corrected chi connectivity index (χ2v) is 4.37. The van der Waals surface area contributed by atoms with Crippen LogP contribution in [-0.2, 0) is 16.1 Å². The van der Waals surface area contributed by atoms with E-state index in [1.807, 2.05) is 30.3 Å². The van der Waals surface area contributed by atoms with E-state index in [4.69, 9.17) is 5.73 Å². The van der Waals surface area contributed by atoms with E-state index in [2.05, 4.69) is 5.32 Å². The molecule has 0 saturated carbocycles. The molecule has 0 aliphatic rings. The summed E-state index contributed by atoms with van der Waals surface area (Å²) in [6.45, 7) is 1.50. The summed E-state index contributed by atoms with van der Waals surface area (Å²) in [6.07, 6.45) is 0.611. The fraction of sp³-hybridized carbons (Fsp3) is 0.429. The van der Waals surface area contributed by atoms with Crippen LogP contribution in [0.1, 0.15) is 18.4 Å². The number of amides is 2. The third-order valence-electron chi connectivity index (χ3n) is 2.79. The first kappa shape index (κ1) is 15.2. The minimum absolute atomic E-state index is 0.0273. The lowest BCUT2D eigenvalue weighted by atomic mass is 10.2. The van der Waals surface area contributed by atoms with Crippen LogP contribution in [0.4, 0.5) is 0 Å². The van der Waals surface area contributed by atoms with Crippen LogP contribution < -0.4 is 11.1 Å². The molecule has 0 spiro atoms. The van der Waals surface area contributed by atoms with Gasteiger partial charge in [-0.25, -0.2) is 0 Å². The Labute approximate surface area is 113 Å². The predicted molar refractivity (Wildman–Crippen MR) is 74.2 cm³/mol. The molecule has 1 aromatic rings. The number of primary amides is 1. The van der Waals surface area contributed by atoms with Gasteiger partial charge in [-0.05, 0) is 12.6 Å². The smallest absolute Gasteiger partial charge is 0.224 e. The van der Waals surface area contributed by atoms with Crippen molar-refractivity contribution in [1.29, 1.82) is 0 Å². The van der Waals surface area contributed by atoms with Gasteiger partial charge in [0.25, 0.3) is 0 Å². The number of nitrogens with zero attached hydrogens (tertiary/aromatic N) is 1. The van der Waals surface area contributed by atoms with Crippen LogP contribution in [0.2, 0.25) is 0 Å². The van der Waals surface area contributed by atoms with Gasteiger partial charge in [-0.3, -0.25) is 9.59 Å². The number of hydrogen-bond donors (Lipinski definition) is 2. The van der Waals surface area contributed by atoms with E-state index < -0.39 is 0 Å². The fourth-order valence-corrected chi connectivity index (χ4v) is 1.73. The molecule has 0 saturated heterocycles. The first-order valence-corrected chi connectivity index (χ1v) is 6.38. The number of carbonyl (C=O) groups is 2. The first-order chi connectivity index (χ1) is 9.13. The van der Waals surface area contributed by atoms with Crippen LogP contribution >= 0.6 is 0 Å². The Kier molecular flexibility index (Phi) is 6.60. The Hall–Kier alpha value is -1.88. The molecule has 0 bridgehead atoms. The van der Waals surface area contributed by atoms with Crippen molar-refractivity contribution in [3.05, 3.63) is 35.9 Å². The summed E-state index contributed by atoms with van der Waals surface area (Å²) < 4.78 is 0. The maximum atomic E-state index is 12.1. The molecular weight excluding hydrogens is 242 g/mol. The lowest BCUT2D eigenvalue weighted by Crippen LogP contribution is -2.35. The molecule has 0 radical (unpaired) electrons. The maximum absolute atomic E-state index is 12.1. The highest BCUT2D eigenvalue weighted by atomic mass is 16.2. The van der Waals surface area contributed by atoms with E-state index >= 15 is 0 Å². The number of rotatable bonds is 8. The zero-order valence-electron chi connectivity index (χ0n) is 11.3. The Morgan fingerprint density at radius 3 is 2.47 bits per heavy atom. The van der Waals surface area contributed by atoms with Gasteiger partial charge in [0.15, 0.2) is 0 Å². The lowest BCUT2D eigenvalue weighted by Gasteiger charge is -2.22. The van der Waals surface area contributed by atoms with Crippen molar-refractivity contribution in [1.82, 2.24) is 10.2 Å². The van der Waals surface area contributed by atoms with Gasteiger partial charge in [0.05, 0.1) is 0 Å². The van der Waals surface area contributed by atoms with E-state index in [1.54, 1.807) is 11.9 Å². The van der Waals surface area contributed by atoms with Gasteiger partial charge in [0.1, 0.15) is 0 Å².